The fourth-order valence-corrected chi connectivity index (χ4v) is 0.637. The van der Waals surface area contributed by atoms with Crippen molar-refractivity contribution in [1.82, 2.24) is 0 Å². The van der Waals surface area contributed by atoms with Crippen LogP contribution in [0.3, 0.4) is 0 Å². The molecule has 0 radical (unpaired) electrons. The molecule has 1 aromatic rings. The Hall–Kier alpha value is 0.786. The van der Waals surface area contributed by atoms with Crippen LogP contribution in [0.5, 0.6) is 0 Å². The van der Waals surface area contributed by atoms with Gasteiger partial charge < -0.3 is 0 Å². The minimum atomic E-state index is -0.280. The van der Waals surface area contributed by atoms with Gasteiger partial charge in [-0.3, -0.25) is 0 Å². The molecule has 0 bridgehead atoms. The Morgan fingerprint density at radius 2 is 1.90 bits per heavy atom. The third-order valence-electron chi connectivity index (χ3n) is 1.39. The maximum absolute atomic E-state index is 12.3. The molecule has 1 aromatic carbocycles. The van der Waals surface area contributed by atoms with Gasteiger partial charge in [-0.05, 0) is 0 Å². The van der Waals surface area contributed by atoms with Gasteiger partial charge in [0.1, 0.15) is 0 Å². The molecule has 0 saturated heterocycles. The molecule has 0 aromatic heterocycles. The van der Waals surface area contributed by atoms with E-state index in [9.17, 15) is 4.39 Å². The molecule has 0 aliphatic rings. The Balaban J connectivity index is 0.000000810. The summed E-state index contributed by atoms with van der Waals surface area (Å²) in [6, 6.07) is 5.61. The van der Waals surface area contributed by atoms with Crippen molar-refractivity contribution < 1.29 is 55.8 Å². The second-order valence-corrected chi connectivity index (χ2v) is 2.15. The monoisotopic (exact) mass is 162 g/mol. The molecule has 0 nitrogen and oxygen atoms in total. The van der Waals surface area contributed by atoms with E-state index in [0.29, 0.717) is 0 Å². The standard InChI is InChI=1S/C8H8F.K/c1-6-3-4-8(9)5-7(6)2;/h3,5H,1-2H3;/q-1;+1. The zero-order chi connectivity index (χ0) is 6.85. The molecule has 0 heterocycles. The van der Waals surface area contributed by atoms with Crippen LogP contribution >= 0.6 is 0 Å². The average molecular weight is 162 g/mol. The zero-order valence-electron chi connectivity index (χ0n) is 6.53. The molecule has 0 aliphatic carbocycles. The normalized spacial score (nSPS) is 8.70. The van der Waals surface area contributed by atoms with Crippen molar-refractivity contribution in [3.8, 4) is 0 Å². The van der Waals surface area contributed by atoms with Crippen LogP contribution in [0.1, 0.15) is 11.1 Å². The quantitative estimate of drug-likeness (QED) is 0.348. The van der Waals surface area contributed by atoms with Crippen LogP contribution in [0.2, 0.25) is 0 Å². The van der Waals surface area contributed by atoms with Crippen molar-refractivity contribution in [3.05, 3.63) is 35.1 Å². The van der Waals surface area contributed by atoms with E-state index >= 15 is 0 Å². The van der Waals surface area contributed by atoms with Crippen LogP contribution in [-0.4, -0.2) is 0 Å². The van der Waals surface area contributed by atoms with Gasteiger partial charge in [0.2, 0.25) is 0 Å². The van der Waals surface area contributed by atoms with Crippen molar-refractivity contribution in [3.63, 3.8) is 0 Å². The van der Waals surface area contributed by atoms with Crippen LogP contribution < -0.4 is 51.4 Å². The molecule has 0 spiro atoms. The van der Waals surface area contributed by atoms with Gasteiger partial charge in [-0.1, -0.05) is 13.8 Å². The smallest absolute Gasteiger partial charge is 0.236 e. The third kappa shape index (κ3) is 2.80. The van der Waals surface area contributed by atoms with Gasteiger partial charge in [0, 0.05) is 5.82 Å². The van der Waals surface area contributed by atoms with Crippen molar-refractivity contribution in [2.45, 2.75) is 13.8 Å². The number of rotatable bonds is 0. The van der Waals surface area contributed by atoms with E-state index in [1.54, 1.807) is 6.07 Å². The minimum Gasteiger partial charge on any atom is -0.236 e. The Morgan fingerprint density at radius 3 is 2.30 bits per heavy atom. The van der Waals surface area contributed by atoms with E-state index in [2.05, 4.69) is 6.07 Å². The first kappa shape index (κ1) is 10.8. The van der Waals surface area contributed by atoms with Gasteiger partial charge in [0.05, 0.1) is 0 Å². The van der Waals surface area contributed by atoms with Gasteiger partial charge in [0.15, 0.2) is 0 Å². The molecular formula is C8H8FK. The van der Waals surface area contributed by atoms with Crippen molar-refractivity contribution in [2.24, 2.45) is 0 Å². The molecule has 2 heteroatoms. The second kappa shape index (κ2) is 4.62. The maximum Gasteiger partial charge on any atom is 1.00 e. The summed E-state index contributed by atoms with van der Waals surface area (Å²) in [7, 11) is 0. The molecule has 1 rings (SSSR count). The summed E-state index contributed by atoms with van der Waals surface area (Å²) in [6.07, 6.45) is 0. The summed E-state index contributed by atoms with van der Waals surface area (Å²) in [4.78, 5) is 0. The summed E-state index contributed by atoms with van der Waals surface area (Å²) >= 11 is 0. The van der Waals surface area contributed by atoms with Crippen molar-refractivity contribution in [2.75, 3.05) is 0 Å². The van der Waals surface area contributed by atoms with E-state index in [1.807, 2.05) is 13.8 Å². The molecule has 48 valence electrons. The number of halogens is 1. The van der Waals surface area contributed by atoms with Crippen LogP contribution in [0, 0.1) is 25.7 Å². The second-order valence-electron chi connectivity index (χ2n) is 2.15. The number of hydrogen-bond acceptors (Lipinski definition) is 0. The first-order valence-corrected chi connectivity index (χ1v) is 2.84. The minimum absolute atomic E-state index is 0. The Kier molecular flexibility index (Phi) is 4.98. The molecular weight excluding hydrogens is 154 g/mol. The summed E-state index contributed by atoms with van der Waals surface area (Å²) < 4.78 is 12.3. The van der Waals surface area contributed by atoms with E-state index in [1.165, 1.54) is 6.07 Å². The van der Waals surface area contributed by atoms with E-state index < -0.39 is 0 Å². The average Bonchev–Trinajstić information content (AvgIpc) is 1.80. The van der Waals surface area contributed by atoms with Crippen molar-refractivity contribution in [1.29, 1.82) is 0 Å². The number of benzene rings is 1. The number of hydrogen-bond donors (Lipinski definition) is 0. The van der Waals surface area contributed by atoms with Crippen LogP contribution in [0.25, 0.3) is 0 Å². The summed E-state index contributed by atoms with van der Waals surface area (Å²) in [5, 5.41) is 0. The predicted octanol–water partition coefficient (Wildman–Crippen LogP) is -0.753. The molecule has 0 amide bonds. The van der Waals surface area contributed by atoms with Crippen molar-refractivity contribution >= 4 is 0 Å². The third-order valence-corrected chi connectivity index (χ3v) is 1.39. The SMILES string of the molecule is Cc1c[c-]c(F)cc1C.[K+]. The van der Waals surface area contributed by atoms with Gasteiger partial charge in [-0.15, -0.1) is 12.1 Å². The first-order valence-electron chi connectivity index (χ1n) is 2.84. The molecule has 10 heavy (non-hydrogen) atoms. The fraction of sp³-hybridized carbons (Fsp3) is 0.250. The zero-order valence-corrected chi connectivity index (χ0v) is 9.66. The Labute approximate surface area is 103 Å². The molecule has 0 fully saturated rings. The topological polar surface area (TPSA) is 0 Å². The molecule has 0 N–H and O–H groups in total. The van der Waals surface area contributed by atoms with Gasteiger partial charge in [0.25, 0.3) is 0 Å². The summed E-state index contributed by atoms with van der Waals surface area (Å²) in [5.41, 5.74) is 2.06. The Bertz CT molecular complexity index is 220. The molecule has 0 aliphatic heterocycles. The van der Waals surface area contributed by atoms with E-state index in [4.69, 9.17) is 0 Å². The Morgan fingerprint density at radius 1 is 1.30 bits per heavy atom. The van der Waals surface area contributed by atoms with Crippen LogP contribution in [0.4, 0.5) is 4.39 Å². The van der Waals surface area contributed by atoms with Crippen LogP contribution in [-0.2, 0) is 0 Å². The first-order chi connectivity index (χ1) is 4.20. The summed E-state index contributed by atoms with van der Waals surface area (Å²) in [6.45, 7) is 3.82. The number of aryl methyl sites for hydroxylation is 2. The molecule has 0 atom stereocenters. The van der Waals surface area contributed by atoms with Gasteiger partial charge in [-0.2, -0.15) is 17.2 Å². The molecule has 0 saturated carbocycles. The van der Waals surface area contributed by atoms with E-state index in [-0.39, 0.29) is 57.2 Å². The van der Waals surface area contributed by atoms with Gasteiger partial charge in [-0.25, -0.2) is 4.39 Å². The van der Waals surface area contributed by atoms with Crippen LogP contribution in [0.15, 0.2) is 12.1 Å². The van der Waals surface area contributed by atoms with Gasteiger partial charge >= 0.3 is 51.4 Å². The summed E-state index contributed by atoms with van der Waals surface area (Å²) in [5.74, 6) is -0.280. The fourth-order valence-electron chi connectivity index (χ4n) is 0.637. The molecule has 0 unspecified atom stereocenters. The predicted molar refractivity (Wildman–Crippen MR) is 34.7 cm³/mol. The maximum atomic E-state index is 12.3. The van der Waals surface area contributed by atoms with E-state index in [0.717, 1.165) is 11.1 Å². The largest absolute Gasteiger partial charge is 1.00 e.